The van der Waals surface area contributed by atoms with Crippen molar-refractivity contribution in [1.29, 1.82) is 0 Å². The Hall–Kier alpha value is -1.63. The molecule has 1 aromatic heterocycles. The van der Waals surface area contributed by atoms with E-state index in [1.54, 1.807) is 11.3 Å². The van der Waals surface area contributed by atoms with Crippen molar-refractivity contribution in [2.45, 2.75) is 95.6 Å². The first-order chi connectivity index (χ1) is 16.2. The Kier molecular flexibility index (Phi) is 7.85. The number of thiazole rings is 1. The maximum absolute atomic E-state index is 12.5. The lowest BCUT2D eigenvalue weighted by Crippen LogP contribution is -2.48. The zero-order valence-corrected chi connectivity index (χ0v) is 23.2. The molecule has 2 aliphatic heterocycles. The normalized spacial score (nSPS) is 23.8. The zero-order chi connectivity index (χ0) is 23.9. The lowest BCUT2D eigenvalue weighted by atomic mass is 9.63. The molecule has 1 unspecified atom stereocenters. The molecule has 1 amide bonds. The van der Waals surface area contributed by atoms with Crippen LogP contribution in [0.2, 0.25) is 0 Å². The van der Waals surface area contributed by atoms with Gasteiger partial charge in [-0.1, -0.05) is 39.8 Å². The molecule has 3 aliphatic rings. The summed E-state index contributed by atoms with van der Waals surface area (Å²) in [5, 5.41) is 6.52. The molecule has 1 atom stereocenters. The summed E-state index contributed by atoms with van der Waals surface area (Å²) < 4.78 is 5.64. The summed E-state index contributed by atoms with van der Waals surface area (Å²) >= 11 is 1.73. The van der Waals surface area contributed by atoms with E-state index in [0.717, 1.165) is 56.0 Å². The molecule has 0 spiro atoms. The molecule has 192 valence electrons. The van der Waals surface area contributed by atoms with E-state index < -0.39 is 0 Å². The highest BCUT2D eigenvalue weighted by Gasteiger charge is 2.37. The molecule has 5 nitrogen and oxygen atoms in total. The third-order valence-corrected chi connectivity index (χ3v) is 9.13. The summed E-state index contributed by atoms with van der Waals surface area (Å²) in [6, 6.07) is 7.23. The summed E-state index contributed by atoms with van der Waals surface area (Å²) in [7, 11) is 0. The van der Waals surface area contributed by atoms with Crippen LogP contribution in [0.4, 0.5) is 5.13 Å². The minimum Gasteiger partial charge on any atom is -0.368 e. The van der Waals surface area contributed by atoms with Crippen molar-refractivity contribution in [2.75, 3.05) is 24.6 Å². The Morgan fingerprint density at radius 1 is 1.06 bits per heavy atom. The van der Waals surface area contributed by atoms with Crippen LogP contribution < -0.4 is 10.2 Å². The molecule has 1 N–H and O–H groups in total. The molecule has 0 saturated carbocycles. The molecule has 0 radical (unpaired) electrons. The Balaban J connectivity index is 0.00000289. The van der Waals surface area contributed by atoms with Crippen LogP contribution in [0.3, 0.4) is 0 Å². The number of halogens is 1. The average Bonchev–Trinajstić information content (AvgIpc) is 3.33. The fourth-order valence-corrected chi connectivity index (χ4v) is 6.64. The molecule has 1 aromatic carbocycles. The zero-order valence-electron chi connectivity index (χ0n) is 21.6. The highest BCUT2D eigenvalue weighted by Crippen LogP contribution is 2.47. The SMILES string of the molecule is CC1(C)CCC(C)(C)c2cc(-c3csc(N4CCC(NC(=O)C5CCCCO5)CC4)n3)ccc21.Cl. The summed E-state index contributed by atoms with van der Waals surface area (Å²) in [6.45, 7) is 12.1. The minimum absolute atomic E-state index is 0. The topological polar surface area (TPSA) is 54.5 Å². The number of rotatable bonds is 4. The highest BCUT2D eigenvalue weighted by molar-refractivity contribution is 7.14. The fourth-order valence-electron chi connectivity index (χ4n) is 5.75. The number of carbonyl (C=O) groups excluding carboxylic acids is 1. The Morgan fingerprint density at radius 3 is 2.46 bits per heavy atom. The standard InChI is InChI=1S/C28H39N3O2S.ClH/c1-27(2)12-13-28(3,4)22-17-19(8-9-21(22)27)23-18-34-26(30-23)31-14-10-20(11-15-31)29-25(32)24-7-5-6-16-33-24;/h8-9,17-18,20,24H,5-7,10-16H2,1-4H3,(H,29,32);1H. The van der Waals surface area contributed by atoms with E-state index in [0.29, 0.717) is 6.61 Å². The Morgan fingerprint density at radius 2 is 1.77 bits per heavy atom. The molecule has 0 bridgehead atoms. The van der Waals surface area contributed by atoms with E-state index in [1.807, 2.05) is 0 Å². The van der Waals surface area contributed by atoms with Gasteiger partial charge in [-0.2, -0.15) is 0 Å². The van der Waals surface area contributed by atoms with E-state index >= 15 is 0 Å². The number of aromatic nitrogens is 1. The van der Waals surface area contributed by atoms with Crippen LogP contribution in [-0.4, -0.2) is 42.7 Å². The number of nitrogens with zero attached hydrogens (tertiary/aromatic N) is 2. The van der Waals surface area contributed by atoms with Crippen molar-refractivity contribution in [2.24, 2.45) is 0 Å². The van der Waals surface area contributed by atoms with Gasteiger partial charge in [0.1, 0.15) is 6.10 Å². The highest BCUT2D eigenvalue weighted by atomic mass is 35.5. The van der Waals surface area contributed by atoms with Crippen molar-refractivity contribution in [3.05, 3.63) is 34.7 Å². The quantitative estimate of drug-likeness (QED) is 0.522. The van der Waals surface area contributed by atoms with Gasteiger partial charge in [0, 0.05) is 36.7 Å². The summed E-state index contributed by atoms with van der Waals surface area (Å²) in [4.78, 5) is 19.9. The maximum atomic E-state index is 12.5. The van der Waals surface area contributed by atoms with Crippen LogP contribution in [0.1, 0.15) is 83.8 Å². The predicted molar refractivity (Wildman–Crippen MR) is 147 cm³/mol. The second-order valence-corrected chi connectivity index (χ2v) is 12.5. The van der Waals surface area contributed by atoms with Crippen molar-refractivity contribution < 1.29 is 9.53 Å². The second kappa shape index (κ2) is 10.4. The van der Waals surface area contributed by atoms with Gasteiger partial charge in [-0.3, -0.25) is 4.79 Å². The monoisotopic (exact) mass is 517 g/mol. The molecular weight excluding hydrogens is 478 g/mol. The molecule has 7 heteroatoms. The number of hydrogen-bond acceptors (Lipinski definition) is 5. The lowest BCUT2D eigenvalue weighted by molar-refractivity contribution is -0.136. The van der Waals surface area contributed by atoms with Crippen LogP contribution in [0.25, 0.3) is 11.3 Å². The lowest BCUT2D eigenvalue weighted by Gasteiger charge is -2.42. The molecule has 2 aromatic rings. The third-order valence-electron chi connectivity index (χ3n) is 8.22. The van der Waals surface area contributed by atoms with Gasteiger partial charge in [0.25, 0.3) is 0 Å². The molecule has 3 heterocycles. The van der Waals surface area contributed by atoms with Gasteiger partial charge in [-0.25, -0.2) is 4.98 Å². The molecular formula is C28H40ClN3O2S. The van der Waals surface area contributed by atoms with E-state index in [-0.39, 0.29) is 41.3 Å². The molecule has 2 saturated heterocycles. The predicted octanol–water partition coefficient (Wildman–Crippen LogP) is 6.24. The number of benzene rings is 1. The Labute approximate surface area is 220 Å². The first-order valence-corrected chi connectivity index (χ1v) is 13.9. The van der Waals surface area contributed by atoms with E-state index in [9.17, 15) is 4.79 Å². The number of hydrogen-bond donors (Lipinski definition) is 1. The van der Waals surface area contributed by atoms with Crippen molar-refractivity contribution in [3.8, 4) is 11.3 Å². The summed E-state index contributed by atoms with van der Waals surface area (Å²) in [5.74, 6) is 0.0770. The van der Waals surface area contributed by atoms with Crippen LogP contribution in [-0.2, 0) is 20.4 Å². The number of carbonyl (C=O) groups is 1. The maximum Gasteiger partial charge on any atom is 0.249 e. The number of ether oxygens (including phenoxy) is 1. The number of fused-ring (bicyclic) bond motifs is 1. The molecule has 35 heavy (non-hydrogen) atoms. The Bertz CT molecular complexity index is 1040. The first-order valence-electron chi connectivity index (χ1n) is 13.0. The van der Waals surface area contributed by atoms with Crippen LogP contribution in [0.5, 0.6) is 0 Å². The van der Waals surface area contributed by atoms with Gasteiger partial charge in [-0.05, 0) is 73.0 Å². The number of anilines is 1. The number of nitrogens with one attached hydrogen (secondary N) is 1. The van der Waals surface area contributed by atoms with Crippen LogP contribution in [0, 0.1) is 0 Å². The van der Waals surface area contributed by atoms with Gasteiger partial charge < -0.3 is 15.0 Å². The first kappa shape index (κ1) is 26.4. The average molecular weight is 518 g/mol. The number of piperidine rings is 1. The van der Waals surface area contributed by atoms with Gasteiger partial charge in [-0.15, -0.1) is 23.7 Å². The molecule has 2 fully saturated rings. The number of amides is 1. The fraction of sp³-hybridized carbons (Fsp3) is 0.643. The van der Waals surface area contributed by atoms with E-state index in [4.69, 9.17) is 9.72 Å². The van der Waals surface area contributed by atoms with Gasteiger partial charge in [0.15, 0.2) is 5.13 Å². The van der Waals surface area contributed by atoms with Crippen LogP contribution in [0.15, 0.2) is 23.6 Å². The van der Waals surface area contributed by atoms with E-state index in [1.165, 1.54) is 29.5 Å². The van der Waals surface area contributed by atoms with Gasteiger partial charge in [0.2, 0.25) is 5.91 Å². The molecule has 5 rings (SSSR count). The summed E-state index contributed by atoms with van der Waals surface area (Å²) in [6.07, 6.45) is 7.12. The van der Waals surface area contributed by atoms with Gasteiger partial charge in [0.05, 0.1) is 5.69 Å². The smallest absolute Gasteiger partial charge is 0.249 e. The minimum atomic E-state index is -0.250. The van der Waals surface area contributed by atoms with E-state index in [2.05, 4.69) is 61.5 Å². The largest absolute Gasteiger partial charge is 0.368 e. The molecule has 1 aliphatic carbocycles. The third kappa shape index (κ3) is 5.55. The van der Waals surface area contributed by atoms with Crippen molar-refractivity contribution >= 4 is 34.8 Å². The van der Waals surface area contributed by atoms with Crippen molar-refractivity contribution in [3.63, 3.8) is 0 Å². The van der Waals surface area contributed by atoms with Crippen molar-refractivity contribution in [1.82, 2.24) is 10.3 Å². The second-order valence-electron chi connectivity index (χ2n) is 11.7. The summed E-state index contributed by atoms with van der Waals surface area (Å²) in [5.41, 5.74) is 5.71. The van der Waals surface area contributed by atoms with Crippen LogP contribution >= 0.6 is 23.7 Å². The van der Waals surface area contributed by atoms with Gasteiger partial charge >= 0.3 is 0 Å².